The molecule has 0 N–H and O–H groups in total. The molecule has 0 bridgehead atoms. The Kier molecular flexibility index (Phi) is 8.43. The third kappa shape index (κ3) is 5.27. The Morgan fingerprint density at radius 1 is 0.750 bits per heavy atom. The van der Waals surface area contributed by atoms with Crippen LogP contribution in [-0.2, 0) is 41.7 Å². The summed E-state index contributed by atoms with van der Waals surface area (Å²) in [5.74, 6) is -2.96. The average molecular weight is 609 g/mol. The molecule has 0 saturated carbocycles. The number of methoxy groups -OCH3 is 4. The summed E-state index contributed by atoms with van der Waals surface area (Å²) in [6.07, 6.45) is -0.293. The number of imide groups is 2. The highest BCUT2D eigenvalue weighted by Gasteiger charge is 2.66. The van der Waals surface area contributed by atoms with Gasteiger partial charge in [0.25, 0.3) is 0 Å². The Bertz CT molecular complexity index is 1480. The summed E-state index contributed by atoms with van der Waals surface area (Å²) in [7, 11) is 5.28. The third-order valence-corrected chi connectivity index (χ3v) is 8.26. The molecule has 2 aromatic carbocycles. The van der Waals surface area contributed by atoms with Gasteiger partial charge in [-0.2, -0.15) is 0 Å². The van der Waals surface area contributed by atoms with Gasteiger partial charge in [0.2, 0.25) is 11.8 Å². The summed E-state index contributed by atoms with van der Waals surface area (Å²) in [5.41, 5.74) is 1.21. The first-order chi connectivity index (χ1) is 21.1. The van der Waals surface area contributed by atoms with Gasteiger partial charge in [-0.3, -0.25) is 24.2 Å². The molecule has 3 aliphatic heterocycles. The molecule has 44 heavy (non-hydrogen) atoms. The quantitative estimate of drug-likeness (QED) is 0.382. The number of fused-ring (bicyclic) bond motifs is 3. The predicted octanol–water partition coefficient (Wildman–Crippen LogP) is 1.40. The molecule has 0 aliphatic carbocycles. The van der Waals surface area contributed by atoms with Crippen molar-refractivity contribution in [3.05, 3.63) is 59.7 Å². The van der Waals surface area contributed by atoms with Crippen LogP contribution in [0, 0.1) is 5.92 Å². The smallest absolute Gasteiger partial charge is 0.330 e. The van der Waals surface area contributed by atoms with E-state index in [9.17, 15) is 28.8 Å². The molecule has 3 saturated heterocycles. The summed E-state index contributed by atoms with van der Waals surface area (Å²) in [4.78, 5) is 85.4. The maximum Gasteiger partial charge on any atom is 0.330 e. The van der Waals surface area contributed by atoms with Crippen molar-refractivity contribution in [3.63, 3.8) is 0 Å². The topological polar surface area (TPSA) is 152 Å². The zero-order chi connectivity index (χ0) is 31.7. The number of amides is 6. The molecule has 0 aromatic heterocycles. The molecule has 14 heteroatoms. The van der Waals surface area contributed by atoms with Crippen molar-refractivity contribution in [2.75, 3.05) is 35.0 Å². The molecular weight excluding hydrogens is 576 g/mol. The van der Waals surface area contributed by atoms with Crippen LogP contribution in [-0.4, -0.2) is 109 Å². The van der Waals surface area contributed by atoms with Crippen molar-refractivity contribution in [3.8, 4) is 11.5 Å². The highest BCUT2D eigenvalue weighted by Crippen LogP contribution is 2.44. The van der Waals surface area contributed by atoms with E-state index in [1.165, 1.54) is 14.2 Å². The number of ether oxygens (including phenoxy) is 4. The molecule has 3 fully saturated rings. The van der Waals surface area contributed by atoms with Crippen LogP contribution in [0.25, 0.3) is 0 Å². The van der Waals surface area contributed by atoms with Gasteiger partial charge in [-0.1, -0.05) is 24.3 Å². The molecule has 6 amide bonds. The van der Waals surface area contributed by atoms with E-state index >= 15 is 0 Å². The molecule has 3 heterocycles. The normalized spacial score (nSPS) is 22.9. The summed E-state index contributed by atoms with van der Waals surface area (Å²) in [6, 6.07) is 7.99. The number of hydrogen-bond acceptors (Lipinski definition) is 10. The summed E-state index contributed by atoms with van der Waals surface area (Å²) in [6.45, 7) is -0.866. The molecule has 4 atom stereocenters. The lowest BCUT2D eigenvalue weighted by molar-refractivity contribution is -0.151. The Morgan fingerprint density at radius 2 is 1.30 bits per heavy atom. The van der Waals surface area contributed by atoms with Gasteiger partial charge in [-0.05, 0) is 35.4 Å². The molecule has 14 nitrogen and oxygen atoms in total. The molecule has 0 spiro atoms. The minimum Gasteiger partial charge on any atom is -0.497 e. The Labute approximate surface area is 253 Å². The van der Waals surface area contributed by atoms with Gasteiger partial charge in [0, 0.05) is 6.42 Å². The molecule has 5 rings (SSSR count). The van der Waals surface area contributed by atoms with E-state index < -0.39 is 66.4 Å². The second-order valence-electron chi connectivity index (χ2n) is 10.5. The maximum atomic E-state index is 14.1. The van der Waals surface area contributed by atoms with E-state index in [0.717, 1.165) is 33.8 Å². The van der Waals surface area contributed by atoms with Crippen LogP contribution < -0.4 is 9.47 Å². The van der Waals surface area contributed by atoms with E-state index in [0.29, 0.717) is 22.6 Å². The third-order valence-electron chi connectivity index (χ3n) is 8.26. The van der Waals surface area contributed by atoms with Crippen molar-refractivity contribution < 1.29 is 47.7 Å². The highest BCUT2D eigenvalue weighted by molar-refractivity contribution is 6.05. The van der Waals surface area contributed by atoms with Crippen LogP contribution >= 0.6 is 0 Å². The number of urea groups is 2. The Balaban J connectivity index is 1.53. The van der Waals surface area contributed by atoms with Crippen molar-refractivity contribution in [1.29, 1.82) is 0 Å². The molecule has 4 unspecified atom stereocenters. The van der Waals surface area contributed by atoms with E-state index in [2.05, 4.69) is 0 Å². The second kappa shape index (κ2) is 12.2. The fraction of sp³-hybridized carbons (Fsp3) is 0.400. The minimum absolute atomic E-state index is 0.101. The van der Waals surface area contributed by atoms with E-state index in [1.54, 1.807) is 48.5 Å². The first kappa shape index (κ1) is 30.3. The van der Waals surface area contributed by atoms with E-state index in [-0.39, 0.29) is 19.5 Å². The second-order valence-corrected chi connectivity index (χ2v) is 10.5. The van der Waals surface area contributed by atoms with E-state index in [4.69, 9.17) is 18.9 Å². The number of nitrogens with zero attached hydrogens (tertiary/aromatic N) is 4. The van der Waals surface area contributed by atoms with Crippen molar-refractivity contribution in [2.45, 2.75) is 37.6 Å². The summed E-state index contributed by atoms with van der Waals surface area (Å²) >= 11 is 0. The van der Waals surface area contributed by atoms with Gasteiger partial charge >= 0.3 is 24.0 Å². The van der Waals surface area contributed by atoms with Gasteiger partial charge < -0.3 is 28.7 Å². The first-order valence-corrected chi connectivity index (χ1v) is 13.8. The van der Waals surface area contributed by atoms with Crippen molar-refractivity contribution in [2.24, 2.45) is 5.92 Å². The van der Waals surface area contributed by atoms with Crippen LogP contribution in [0.5, 0.6) is 11.5 Å². The van der Waals surface area contributed by atoms with Gasteiger partial charge in [0.15, 0.2) is 6.04 Å². The summed E-state index contributed by atoms with van der Waals surface area (Å²) < 4.78 is 20.2. The lowest BCUT2D eigenvalue weighted by atomic mass is 9.86. The largest absolute Gasteiger partial charge is 0.497 e. The molecular formula is C30H32N4O10. The SMILES string of the molecule is COC(=O)CN1C(=O)N(Cc2ccc(OC)cc2)C(=O)C2C1C(C(=O)OC)N1C(=O)N(Cc3ccc(OC)cc3)C(=O)CC21. The van der Waals surface area contributed by atoms with Crippen molar-refractivity contribution >= 4 is 35.8 Å². The van der Waals surface area contributed by atoms with Gasteiger partial charge in [-0.15, -0.1) is 0 Å². The van der Waals surface area contributed by atoms with Crippen LogP contribution in [0.1, 0.15) is 17.5 Å². The lowest BCUT2D eigenvalue weighted by Gasteiger charge is -2.42. The molecule has 3 aliphatic rings. The summed E-state index contributed by atoms with van der Waals surface area (Å²) in [5, 5.41) is 0. The monoisotopic (exact) mass is 608 g/mol. The standard InChI is InChI=1S/C30H32N4O10/c1-41-19-9-5-17(6-10-19)14-31-22(35)13-21-24-25(26(28(38)44-4)34(21)30(31)40)32(16-23(36)43-3)29(39)33(27(24)37)15-18-7-11-20(42-2)12-8-18/h5-12,21,24-26H,13-16H2,1-4H3. The predicted molar refractivity (Wildman–Crippen MR) is 150 cm³/mol. The average Bonchev–Trinajstić information content (AvgIpc) is 3.38. The van der Waals surface area contributed by atoms with Crippen molar-refractivity contribution in [1.82, 2.24) is 19.6 Å². The first-order valence-electron chi connectivity index (χ1n) is 13.8. The maximum absolute atomic E-state index is 14.1. The fourth-order valence-electron chi connectivity index (χ4n) is 6.10. The number of carbonyl (C=O) groups excluding carboxylic acids is 6. The number of benzene rings is 2. The lowest BCUT2D eigenvalue weighted by Crippen LogP contribution is -2.65. The van der Waals surface area contributed by atoms with Crippen LogP contribution in [0.15, 0.2) is 48.5 Å². The number of carbonyl (C=O) groups is 6. The zero-order valence-corrected chi connectivity index (χ0v) is 24.6. The zero-order valence-electron chi connectivity index (χ0n) is 24.6. The number of esters is 2. The molecule has 2 aromatic rings. The van der Waals surface area contributed by atoms with Crippen LogP contribution in [0.4, 0.5) is 9.59 Å². The molecule has 232 valence electrons. The number of hydrogen-bond donors (Lipinski definition) is 0. The molecule has 0 radical (unpaired) electrons. The Morgan fingerprint density at radius 3 is 1.80 bits per heavy atom. The van der Waals surface area contributed by atoms with E-state index in [1.807, 2.05) is 0 Å². The fourth-order valence-corrected chi connectivity index (χ4v) is 6.10. The van der Waals surface area contributed by atoms with Crippen LogP contribution in [0.3, 0.4) is 0 Å². The number of rotatable bonds is 9. The minimum atomic E-state index is -1.46. The van der Waals surface area contributed by atoms with Gasteiger partial charge in [-0.25, -0.2) is 14.4 Å². The van der Waals surface area contributed by atoms with Gasteiger partial charge in [0.05, 0.1) is 59.5 Å². The highest BCUT2D eigenvalue weighted by atomic mass is 16.5. The van der Waals surface area contributed by atoms with Gasteiger partial charge in [0.1, 0.15) is 18.0 Å². The Hall–Kier alpha value is -5.14. The van der Waals surface area contributed by atoms with Crippen LogP contribution in [0.2, 0.25) is 0 Å².